The quantitative estimate of drug-likeness (QED) is 0.197. The van der Waals surface area contributed by atoms with Gasteiger partial charge in [0.25, 0.3) is 0 Å². The maximum Gasteiger partial charge on any atom is 0.159 e. The summed E-state index contributed by atoms with van der Waals surface area (Å²) in [5.74, 6) is 0. The number of hydrogen-bond donors (Lipinski definition) is 0. The van der Waals surface area contributed by atoms with Crippen LogP contribution in [0.15, 0.2) is 174 Å². The Kier molecular flexibility index (Phi) is 5.57. The Balaban J connectivity index is 1.22. The largest absolute Gasteiger partial charge is 0.453 e. The monoisotopic (exact) mass is 600 g/mol. The molecule has 3 aromatic heterocycles. The van der Waals surface area contributed by atoms with Gasteiger partial charge >= 0.3 is 0 Å². The molecule has 10 rings (SSSR count). The number of furan rings is 1. The van der Waals surface area contributed by atoms with Gasteiger partial charge in [-0.05, 0) is 53.1 Å². The van der Waals surface area contributed by atoms with E-state index in [2.05, 4.69) is 179 Å². The van der Waals surface area contributed by atoms with E-state index in [9.17, 15) is 0 Å². The first kappa shape index (κ1) is 26.0. The molecule has 0 spiro atoms. The summed E-state index contributed by atoms with van der Waals surface area (Å²) in [6.07, 6.45) is 2.19. The van der Waals surface area contributed by atoms with Crippen molar-refractivity contribution in [2.75, 3.05) is 0 Å². The Morgan fingerprint density at radius 1 is 0.383 bits per heavy atom. The summed E-state index contributed by atoms with van der Waals surface area (Å²) in [6.45, 7) is 0. The van der Waals surface area contributed by atoms with E-state index in [1.54, 1.807) is 0 Å². The first-order chi connectivity index (χ1) is 23.3. The van der Waals surface area contributed by atoms with Crippen LogP contribution in [0.1, 0.15) is 0 Å². The van der Waals surface area contributed by atoms with E-state index in [-0.39, 0.29) is 0 Å². The van der Waals surface area contributed by atoms with Crippen LogP contribution in [0.5, 0.6) is 0 Å². The molecule has 3 heteroatoms. The minimum absolute atomic E-state index is 0.890. The van der Waals surface area contributed by atoms with Crippen LogP contribution in [0.25, 0.3) is 88.3 Å². The van der Waals surface area contributed by atoms with Crippen molar-refractivity contribution in [3.63, 3.8) is 0 Å². The molecule has 0 saturated carbocycles. The van der Waals surface area contributed by atoms with Gasteiger partial charge in [-0.15, -0.1) is 0 Å². The highest BCUT2D eigenvalue weighted by molar-refractivity contribution is 6.20. The van der Waals surface area contributed by atoms with E-state index >= 15 is 0 Å². The van der Waals surface area contributed by atoms with Gasteiger partial charge in [-0.1, -0.05) is 127 Å². The molecule has 0 amide bonds. The predicted molar refractivity (Wildman–Crippen MR) is 196 cm³/mol. The number of nitrogens with zero attached hydrogens (tertiary/aromatic N) is 2. The molecule has 7 aromatic carbocycles. The zero-order chi connectivity index (χ0) is 30.9. The van der Waals surface area contributed by atoms with Crippen LogP contribution in [0.3, 0.4) is 0 Å². The van der Waals surface area contributed by atoms with E-state index in [0.717, 1.165) is 55.5 Å². The van der Waals surface area contributed by atoms with E-state index in [0.29, 0.717) is 0 Å². The van der Waals surface area contributed by atoms with Crippen LogP contribution in [-0.4, -0.2) is 9.13 Å². The van der Waals surface area contributed by atoms with Crippen LogP contribution < -0.4 is 0 Å². The van der Waals surface area contributed by atoms with Crippen molar-refractivity contribution < 1.29 is 4.42 Å². The SMILES string of the molecule is c1ccc(-c2ccc(-n3ccc4c3ccc3c5ccccc5n(-c5cccc6c5oc5c(-c7ccccc7)cccc56)c34)cc2)cc1. The van der Waals surface area contributed by atoms with Crippen molar-refractivity contribution in [2.24, 2.45) is 0 Å². The molecule has 3 heterocycles. The molecule has 220 valence electrons. The first-order valence-electron chi connectivity index (χ1n) is 16.0. The molecule has 0 saturated heterocycles. The van der Waals surface area contributed by atoms with E-state index in [1.165, 1.54) is 32.8 Å². The van der Waals surface area contributed by atoms with Gasteiger partial charge in [0.1, 0.15) is 5.58 Å². The lowest BCUT2D eigenvalue weighted by atomic mass is 10.0. The van der Waals surface area contributed by atoms with E-state index in [1.807, 2.05) is 0 Å². The van der Waals surface area contributed by atoms with Crippen LogP contribution in [0.2, 0.25) is 0 Å². The highest BCUT2D eigenvalue weighted by Gasteiger charge is 2.21. The third kappa shape index (κ3) is 3.87. The molecule has 0 N–H and O–H groups in total. The smallest absolute Gasteiger partial charge is 0.159 e. The van der Waals surface area contributed by atoms with Crippen molar-refractivity contribution >= 4 is 54.6 Å². The van der Waals surface area contributed by atoms with Crippen LogP contribution in [-0.2, 0) is 0 Å². The van der Waals surface area contributed by atoms with Gasteiger partial charge < -0.3 is 13.6 Å². The molecule has 3 nitrogen and oxygen atoms in total. The van der Waals surface area contributed by atoms with Crippen molar-refractivity contribution in [2.45, 2.75) is 0 Å². The maximum atomic E-state index is 6.90. The lowest BCUT2D eigenvalue weighted by Gasteiger charge is -2.11. The molecule has 0 atom stereocenters. The standard InChI is InChI=1S/C44H28N2O/c1-3-11-29(12-4-1)30-21-23-32(24-22-30)45-28-27-38-39(45)26-25-35-34-15-7-8-19-40(34)46(42(35)38)41-20-10-18-37-36-17-9-16-33(43(36)47-44(37)41)31-13-5-2-6-14-31/h1-28H. The Morgan fingerprint density at radius 3 is 1.85 bits per heavy atom. The van der Waals surface area contributed by atoms with Gasteiger partial charge in [0.05, 0.1) is 22.2 Å². The third-order valence-electron chi connectivity index (χ3n) is 9.58. The summed E-state index contributed by atoms with van der Waals surface area (Å²) in [4.78, 5) is 0. The molecule has 0 aliphatic rings. The summed E-state index contributed by atoms with van der Waals surface area (Å²) in [6, 6.07) is 58.3. The minimum Gasteiger partial charge on any atom is -0.453 e. The maximum absolute atomic E-state index is 6.90. The lowest BCUT2D eigenvalue weighted by molar-refractivity contribution is 0.667. The highest BCUT2D eigenvalue weighted by atomic mass is 16.3. The second-order valence-corrected chi connectivity index (χ2v) is 12.1. The number of fused-ring (bicyclic) bond motifs is 8. The average molecular weight is 601 g/mol. The highest BCUT2D eigenvalue weighted by Crippen LogP contribution is 2.42. The molecule has 0 unspecified atom stereocenters. The number of hydrogen-bond acceptors (Lipinski definition) is 1. The van der Waals surface area contributed by atoms with Gasteiger partial charge in [-0.2, -0.15) is 0 Å². The van der Waals surface area contributed by atoms with E-state index < -0.39 is 0 Å². The minimum atomic E-state index is 0.890. The Labute approximate surface area is 271 Å². The average Bonchev–Trinajstić information content (AvgIpc) is 3.84. The zero-order valence-corrected chi connectivity index (χ0v) is 25.5. The second-order valence-electron chi connectivity index (χ2n) is 12.1. The summed E-state index contributed by atoms with van der Waals surface area (Å²) in [7, 11) is 0. The fourth-order valence-corrected chi connectivity index (χ4v) is 7.42. The van der Waals surface area contributed by atoms with Gasteiger partial charge in [-0.25, -0.2) is 0 Å². The normalized spacial score (nSPS) is 11.8. The topological polar surface area (TPSA) is 23.0 Å². The summed E-state index contributed by atoms with van der Waals surface area (Å²) < 4.78 is 11.6. The Hall–Kier alpha value is -6.32. The van der Waals surface area contributed by atoms with Crippen molar-refractivity contribution in [1.82, 2.24) is 9.13 Å². The molecule has 0 bridgehead atoms. The van der Waals surface area contributed by atoms with Gasteiger partial charge in [0.2, 0.25) is 0 Å². The molecular formula is C44H28N2O. The predicted octanol–water partition coefficient (Wildman–Crippen LogP) is 12.0. The van der Waals surface area contributed by atoms with Gasteiger partial charge in [-0.3, -0.25) is 0 Å². The number of rotatable bonds is 4. The zero-order valence-electron chi connectivity index (χ0n) is 25.5. The summed E-state index contributed by atoms with van der Waals surface area (Å²) >= 11 is 0. The molecule has 0 radical (unpaired) electrons. The van der Waals surface area contributed by atoms with Gasteiger partial charge in [0.15, 0.2) is 5.58 Å². The first-order valence-corrected chi connectivity index (χ1v) is 16.0. The molecule has 0 aliphatic heterocycles. The number of aromatic nitrogens is 2. The number of benzene rings is 7. The van der Waals surface area contributed by atoms with Crippen molar-refractivity contribution in [3.05, 3.63) is 170 Å². The van der Waals surface area contributed by atoms with Crippen LogP contribution in [0, 0.1) is 0 Å². The summed E-state index contributed by atoms with van der Waals surface area (Å²) in [5, 5.41) is 5.89. The molecule has 0 aliphatic carbocycles. The fourth-order valence-electron chi connectivity index (χ4n) is 7.42. The molecule has 0 fully saturated rings. The number of para-hydroxylation sites is 3. The Morgan fingerprint density at radius 2 is 1.04 bits per heavy atom. The molecule has 10 aromatic rings. The van der Waals surface area contributed by atoms with Crippen LogP contribution >= 0.6 is 0 Å². The van der Waals surface area contributed by atoms with Gasteiger partial charge in [0, 0.05) is 44.4 Å². The molecule has 47 heavy (non-hydrogen) atoms. The lowest BCUT2D eigenvalue weighted by Crippen LogP contribution is -1.95. The third-order valence-corrected chi connectivity index (χ3v) is 9.58. The molecular weight excluding hydrogens is 572 g/mol. The van der Waals surface area contributed by atoms with Crippen molar-refractivity contribution in [3.8, 4) is 33.6 Å². The summed E-state index contributed by atoms with van der Waals surface area (Å²) in [5.41, 5.74) is 12.2. The van der Waals surface area contributed by atoms with Crippen LogP contribution in [0.4, 0.5) is 0 Å². The second kappa shape index (κ2) is 10.1. The van der Waals surface area contributed by atoms with E-state index in [4.69, 9.17) is 4.42 Å². The van der Waals surface area contributed by atoms with Crippen molar-refractivity contribution in [1.29, 1.82) is 0 Å². The Bertz CT molecular complexity index is 2760. The fraction of sp³-hybridized carbons (Fsp3) is 0.